The number of likely N-dealkylation sites (tertiary alicyclic amines) is 1. The van der Waals surface area contributed by atoms with Crippen LogP contribution in [0, 0.1) is 5.82 Å². The summed E-state index contributed by atoms with van der Waals surface area (Å²) in [5.74, 6) is -0.112. The first-order valence-electron chi connectivity index (χ1n) is 9.14. The van der Waals surface area contributed by atoms with Gasteiger partial charge in [-0.1, -0.05) is 24.3 Å². The highest BCUT2D eigenvalue weighted by molar-refractivity contribution is 5.79. The molecule has 1 amide bonds. The quantitative estimate of drug-likeness (QED) is 0.757. The predicted octanol–water partition coefficient (Wildman–Crippen LogP) is 2.53. The maximum Gasteiger partial charge on any atom is 0.251 e. The van der Waals surface area contributed by atoms with Gasteiger partial charge in [-0.2, -0.15) is 0 Å². The number of halogens is 1. The van der Waals surface area contributed by atoms with E-state index in [9.17, 15) is 14.0 Å². The number of amides is 1. The third kappa shape index (κ3) is 3.83. The Morgan fingerprint density at radius 2 is 2.04 bits per heavy atom. The van der Waals surface area contributed by atoms with Crippen molar-refractivity contribution >= 4 is 5.91 Å². The van der Waals surface area contributed by atoms with Crippen LogP contribution in [-0.4, -0.2) is 38.8 Å². The summed E-state index contributed by atoms with van der Waals surface area (Å²) in [4.78, 5) is 37.9. The van der Waals surface area contributed by atoms with Gasteiger partial charge in [0, 0.05) is 31.3 Å². The summed E-state index contributed by atoms with van der Waals surface area (Å²) in [6, 6.07) is 13.2. The van der Waals surface area contributed by atoms with Crippen LogP contribution >= 0.6 is 0 Å². The predicted molar refractivity (Wildman–Crippen MR) is 102 cm³/mol. The first-order valence-corrected chi connectivity index (χ1v) is 9.14. The second-order valence-corrected chi connectivity index (χ2v) is 6.83. The normalized spacial score (nSPS) is 16.3. The average Bonchev–Trinajstić information content (AvgIpc) is 3.20. The fourth-order valence-corrected chi connectivity index (χ4v) is 3.45. The molecule has 0 saturated carbocycles. The number of carbonyl (C=O) groups is 1. The molecule has 7 heteroatoms. The van der Waals surface area contributed by atoms with Gasteiger partial charge < -0.3 is 9.88 Å². The summed E-state index contributed by atoms with van der Waals surface area (Å²) in [5, 5.41) is 0. The van der Waals surface area contributed by atoms with E-state index in [4.69, 9.17) is 0 Å². The van der Waals surface area contributed by atoms with E-state index in [-0.39, 0.29) is 29.6 Å². The fourth-order valence-electron chi connectivity index (χ4n) is 3.45. The zero-order valence-electron chi connectivity index (χ0n) is 15.1. The van der Waals surface area contributed by atoms with Crippen molar-refractivity contribution in [3.05, 3.63) is 82.2 Å². The Morgan fingerprint density at radius 1 is 1.21 bits per heavy atom. The highest BCUT2D eigenvalue weighted by Crippen LogP contribution is 2.26. The monoisotopic (exact) mass is 378 g/mol. The SMILES string of the molecule is O=C(Cc1ccccc1F)N1CC[C@@H](c2cc(=O)[nH]c(-c3ccccn3)n2)C1. The summed E-state index contributed by atoms with van der Waals surface area (Å²) in [6.07, 6.45) is 2.38. The second kappa shape index (κ2) is 7.72. The molecule has 6 nitrogen and oxygen atoms in total. The van der Waals surface area contributed by atoms with Crippen molar-refractivity contribution in [3.63, 3.8) is 0 Å². The molecule has 4 rings (SSSR count). The van der Waals surface area contributed by atoms with Crippen molar-refractivity contribution in [3.8, 4) is 11.5 Å². The topological polar surface area (TPSA) is 79.0 Å². The van der Waals surface area contributed by atoms with Crippen LogP contribution < -0.4 is 5.56 Å². The van der Waals surface area contributed by atoms with Gasteiger partial charge in [-0.15, -0.1) is 0 Å². The number of nitrogens with one attached hydrogen (secondary N) is 1. The van der Waals surface area contributed by atoms with E-state index in [2.05, 4.69) is 15.0 Å². The molecule has 3 heterocycles. The van der Waals surface area contributed by atoms with Gasteiger partial charge in [0.1, 0.15) is 11.5 Å². The van der Waals surface area contributed by atoms with E-state index in [0.717, 1.165) is 0 Å². The zero-order chi connectivity index (χ0) is 19.5. The van der Waals surface area contributed by atoms with Crippen LogP contribution in [0.1, 0.15) is 23.6 Å². The first kappa shape index (κ1) is 18.0. The largest absolute Gasteiger partial charge is 0.342 e. The lowest BCUT2D eigenvalue weighted by molar-refractivity contribution is -0.129. The van der Waals surface area contributed by atoms with Crippen molar-refractivity contribution in [2.45, 2.75) is 18.8 Å². The third-order valence-electron chi connectivity index (χ3n) is 4.93. The fraction of sp³-hybridized carbons (Fsp3) is 0.238. The van der Waals surface area contributed by atoms with Crippen LogP contribution in [-0.2, 0) is 11.2 Å². The molecule has 1 fully saturated rings. The molecule has 1 aliphatic heterocycles. The zero-order valence-corrected chi connectivity index (χ0v) is 15.1. The molecule has 0 bridgehead atoms. The van der Waals surface area contributed by atoms with Crippen LogP contribution in [0.2, 0.25) is 0 Å². The number of nitrogens with zero attached hydrogens (tertiary/aromatic N) is 3. The lowest BCUT2D eigenvalue weighted by Gasteiger charge is -2.17. The van der Waals surface area contributed by atoms with Crippen molar-refractivity contribution in [1.29, 1.82) is 0 Å². The molecule has 0 spiro atoms. The van der Waals surface area contributed by atoms with Gasteiger partial charge in [0.05, 0.1) is 12.1 Å². The van der Waals surface area contributed by atoms with Crippen LogP contribution in [0.25, 0.3) is 11.5 Å². The molecule has 0 unspecified atom stereocenters. The van der Waals surface area contributed by atoms with Gasteiger partial charge in [0.15, 0.2) is 5.82 Å². The molecule has 1 aliphatic rings. The number of pyridine rings is 1. The Balaban J connectivity index is 1.50. The Labute approximate surface area is 161 Å². The number of H-pyrrole nitrogens is 1. The van der Waals surface area contributed by atoms with Crippen molar-refractivity contribution in [1.82, 2.24) is 19.9 Å². The minimum absolute atomic E-state index is 0.0291. The van der Waals surface area contributed by atoms with Gasteiger partial charge in [-0.25, -0.2) is 9.37 Å². The number of hydrogen-bond donors (Lipinski definition) is 1. The smallest absolute Gasteiger partial charge is 0.251 e. The minimum Gasteiger partial charge on any atom is -0.342 e. The maximum atomic E-state index is 13.8. The maximum absolute atomic E-state index is 13.8. The molecule has 1 atom stereocenters. The Bertz CT molecular complexity index is 1050. The number of benzene rings is 1. The standard InChI is InChI=1S/C21H19FN4O2/c22-16-6-2-1-5-14(16)11-20(28)26-10-8-15(13-26)18-12-19(27)25-21(24-18)17-7-3-4-9-23-17/h1-7,9,12,15H,8,10-11,13H2,(H,24,25,27)/t15-/m1/s1. The van der Waals surface area contributed by atoms with Crippen LogP contribution in [0.5, 0.6) is 0 Å². The Hall–Kier alpha value is -3.35. The number of carbonyl (C=O) groups excluding carboxylic acids is 1. The average molecular weight is 378 g/mol. The highest BCUT2D eigenvalue weighted by atomic mass is 19.1. The van der Waals surface area contributed by atoms with Crippen molar-refractivity contribution in [2.75, 3.05) is 13.1 Å². The molecular weight excluding hydrogens is 359 g/mol. The highest BCUT2D eigenvalue weighted by Gasteiger charge is 2.29. The van der Waals surface area contributed by atoms with Crippen molar-refractivity contribution in [2.24, 2.45) is 0 Å². The Morgan fingerprint density at radius 3 is 2.82 bits per heavy atom. The number of rotatable bonds is 4. The number of hydrogen-bond acceptors (Lipinski definition) is 4. The van der Waals surface area contributed by atoms with E-state index in [1.165, 1.54) is 12.1 Å². The summed E-state index contributed by atoms with van der Waals surface area (Å²) in [7, 11) is 0. The van der Waals surface area contributed by atoms with E-state index in [0.29, 0.717) is 42.3 Å². The summed E-state index contributed by atoms with van der Waals surface area (Å²) in [6.45, 7) is 1.02. The van der Waals surface area contributed by atoms with Gasteiger partial charge in [-0.3, -0.25) is 14.6 Å². The molecule has 0 aliphatic carbocycles. The molecule has 1 aromatic carbocycles. The van der Waals surface area contributed by atoms with Gasteiger partial charge in [-0.05, 0) is 30.2 Å². The Kier molecular flexibility index (Phi) is 4.97. The van der Waals surface area contributed by atoms with Gasteiger partial charge >= 0.3 is 0 Å². The van der Waals surface area contributed by atoms with E-state index >= 15 is 0 Å². The van der Waals surface area contributed by atoms with Gasteiger partial charge in [0.2, 0.25) is 5.91 Å². The molecule has 2 aromatic heterocycles. The molecule has 0 radical (unpaired) electrons. The molecule has 142 valence electrons. The molecule has 1 N–H and O–H groups in total. The third-order valence-corrected chi connectivity index (χ3v) is 4.93. The van der Waals surface area contributed by atoms with Crippen LogP contribution in [0.15, 0.2) is 59.5 Å². The molecule has 1 saturated heterocycles. The van der Waals surface area contributed by atoms with E-state index in [1.54, 1.807) is 41.4 Å². The minimum atomic E-state index is -0.372. The van der Waals surface area contributed by atoms with Crippen LogP contribution in [0.3, 0.4) is 0 Å². The lowest BCUT2D eigenvalue weighted by Crippen LogP contribution is -2.30. The number of aromatic amines is 1. The van der Waals surface area contributed by atoms with E-state index < -0.39 is 0 Å². The van der Waals surface area contributed by atoms with E-state index in [1.807, 2.05) is 6.07 Å². The summed E-state index contributed by atoms with van der Waals surface area (Å²) < 4.78 is 13.8. The molecular formula is C21H19FN4O2. The van der Waals surface area contributed by atoms with Gasteiger partial charge in [0.25, 0.3) is 5.56 Å². The first-order chi connectivity index (χ1) is 13.6. The summed E-state index contributed by atoms with van der Waals surface area (Å²) >= 11 is 0. The molecule has 28 heavy (non-hydrogen) atoms. The summed E-state index contributed by atoms with van der Waals surface area (Å²) in [5.41, 5.74) is 1.38. The van der Waals surface area contributed by atoms with Crippen molar-refractivity contribution < 1.29 is 9.18 Å². The second-order valence-electron chi connectivity index (χ2n) is 6.83. The molecule has 3 aromatic rings. The lowest BCUT2D eigenvalue weighted by atomic mass is 10.0. The number of aromatic nitrogens is 3. The van der Waals surface area contributed by atoms with Crippen LogP contribution in [0.4, 0.5) is 4.39 Å².